The van der Waals surface area contributed by atoms with E-state index >= 15 is 0 Å². The molecule has 0 aliphatic heterocycles. The number of aromatic nitrogens is 5. The minimum absolute atomic E-state index is 0.872. The lowest BCUT2D eigenvalue weighted by molar-refractivity contribution is 0.529. The van der Waals surface area contributed by atoms with Crippen molar-refractivity contribution in [2.45, 2.75) is 26.4 Å². The molecule has 6 nitrogen and oxygen atoms in total. The summed E-state index contributed by atoms with van der Waals surface area (Å²) < 4.78 is 3.74. The van der Waals surface area contributed by atoms with Crippen LogP contribution in [0.25, 0.3) is 0 Å². The molecule has 0 aliphatic carbocycles. The average Bonchev–Trinajstić information content (AvgIpc) is 2.93. The molecule has 0 saturated carbocycles. The summed E-state index contributed by atoms with van der Waals surface area (Å²) in [5, 5.41) is 15.3. The number of nitrogens with one attached hydrogen (secondary N) is 1. The van der Waals surface area contributed by atoms with Crippen LogP contribution in [0, 0.1) is 6.92 Å². The summed E-state index contributed by atoms with van der Waals surface area (Å²) in [7, 11) is 1.96. The number of rotatable bonds is 6. The van der Waals surface area contributed by atoms with Gasteiger partial charge >= 0.3 is 0 Å². The van der Waals surface area contributed by atoms with Gasteiger partial charge in [0.15, 0.2) is 0 Å². The standard InChI is InChI=1S/C11H18N6/c1-10-11(9-14-16(10)2)8-12-4-3-6-17-7-5-13-15-17/h5,7,9,12H,3-4,6,8H2,1-2H3. The van der Waals surface area contributed by atoms with Crippen molar-refractivity contribution in [3.63, 3.8) is 0 Å². The molecule has 2 heterocycles. The zero-order valence-corrected chi connectivity index (χ0v) is 10.3. The molecule has 92 valence electrons. The topological polar surface area (TPSA) is 60.6 Å². The molecule has 2 rings (SSSR count). The third-order valence-electron chi connectivity index (χ3n) is 2.87. The Labute approximate surface area is 101 Å². The van der Waals surface area contributed by atoms with E-state index in [2.05, 4.69) is 27.7 Å². The molecule has 0 saturated heterocycles. The zero-order valence-electron chi connectivity index (χ0n) is 10.3. The highest BCUT2D eigenvalue weighted by atomic mass is 15.4. The highest BCUT2D eigenvalue weighted by Crippen LogP contribution is 2.04. The molecule has 2 aromatic heterocycles. The van der Waals surface area contributed by atoms with Crippen molar-refractivity contribution < 1.29 is 0 Å². The Kier molecular flexibility index (Phi) is 3.87. The van der Waals surface area contributed by atoms with Crippen LogP contribution >= 0.6 is 0 Å². The van der Waals surface area contributed by atoms with Crippen molar-refractivity contribution in [1.82, 2.24) is 30.1 Å². The maximum absolute atomic E-state index is 4.21. The normalized spacial score (nSPS) is 10.9. The van der Waals surface area contributed by atoms with Crippen molar-refractivity contribution in [2.24, 2.45) is 7.05 Å². The van der Waals surface area contributed by atoms with Crippen LogP contribution in [0.1, 0.15) is 17.7 Å². The number of hydrogen-bond donors (Lipinski definition) is 1. The van der Waals surface area contributed by atoms with Crippen LogP contribution in [0.4, 0.5) is 0 Å². The van der Waals surface area contributed by atoms with Crippen molar-refractivity contribution >= 4 is 0 Å². The first-order valence-corrected chi connectivity index (χ1v) is 5.79. The molecular formula is C11H18N6. The highest BCUT2D eigenvalue weighted by molar-refractivity contribution is 5.15. The van der Waals surface area contributed by atoms with Gasteiger partial charge in [-0.3, -0.25) is 9.36 Å². The van der Waals surface area contributed by atoms with E-state index in [-0.39, 0.29) is 0 Å². The molecule has 0 aromatic carbocycles. The zero-order chi connectivity index (χ0) is 12.1. The SMILES string of the molecule is Cc1c(CNCCCn2ccnn2)cnn1C. The van der Waals surface area contributed by atoms with Gasteiger partial charge in [0, 0.05) is 37.6 Å². The molecule has 0 aliphatic rings. The van der Waals surface area contributed by atoms with Crippen LogP contribution in [-0.4, -0.2) is 31.3 Å². The van der Waals surface area contributed by atoms with E-state index < -0.39 is 0 Å². The Morgan fingerprint density at radius 2 is 2.29 bits per heavy atom. The Bertz CT molecular complexity index is 444. The molecule has 2 aromatic rings. The van der Waals surface area contributed by atoms with E-state index in [1.165, 1.54) is 11.3 Å². The monoisotopic (exact) mass is 234 g/mol. The second-order valence-electron chi connectivity index (χ2n) is 4.08. The molecule has 0 spiro atoms. The summed E-state index contributed by atoms with van der Waals surface area (Å²) in [6, 6.07) is 0. The van der Waals surface area contributed by atoms with Gasteiger partial charge in [0.2, 0.25) is 0 Å². The minimum atomic E-state index is 0.872. The van der Waals surface area contributed by atoms with Gasteiger partial charge in [0.1, 0.15) is 0 Å². The number of hydrogen-bond acceptors (Lipinski definition) is 4. The highest BCUT2D eigenvalue weighted by Gasteiger charge is 2.02. The second kappa shape index (κ2) is 5.58. The van der Waals surface area contributed by atoms with Crippen LogP contribution in [-0.2, 0) is 20.1 Å². The molecule has 0 fully saturated rings. The fourth-order valence-corrected chi connectivity index (χ4v) is 1.66. The van der Waals surface area contributed by atoms with E-state index in [4.69, 9.17) is 0 Å². The first kappa shape index (κ1) is 11.8. The van der Waals surface area contributed by atoms with Gasteiger partial charge in [-0.05, 0) is 19.9 Å². The molecule has 17 heavy (non-hydrogen) atoms. The number of nitrogens with zero attached hydrogens (tertiary/aromatic N) is 5. The Morgan fingerprint density at radius 3 is 2.94 bits per heavy atom. The first-order valence-electron chi connectivity index (χ1n) is 5.79. The van der Waals surface area contributed by atoms with Crippen LogP contribution in [0.15, 0.2) is 18.6 Å². The van der Waals surface area contributed by atoms with Crippen LogP contribution in [0.5, 0.6) is 0 Å². The van der Waals surface area contributed by atoms with Crippen molar-refractivity contribution in [1.29, 1.82) is 0 Å². The number of aryl methyl sites for hydroxylation is 2. The average molecular weight is 234 g/mol. The third kappa shape index (κ3) is 3.13. The summed E-state index contributed by atoms with van der Waals surface area (Å²) >= 11 is 0. The smallest absolute Gasteiger partial charge is 0.0692 e. The molecule has 6 heteroatoms. The van der Waals surface area contributed by atoms with Crippen molar-refractivity contribution in [2.75, 3.05) is 6.54 Å². The summed E-state index contributed by atoms with van der Waals surface area (Å²) in [4.78, 5) is 0. The van der Waals surface area contributed by atoms with Crippen molar-refractivity contribution in [3.8, 4) is 0 Å². The predicted molar refractivity (Wildman–Crippen MR) is 64.3 cm³/mol. The lowest BCUT2D eigenvalue weighted by Crippen LogP contribution is -2.17. The molecule has 0 radical (unpaired) electrons. The van der Waals surface area contributed by atoms with Gasteiger partial charge in [-0.2, -0.15) is 5.10 Å². The van der Waals surface area contributed by atoms with Crippen LogP contribution in [0.3, 0.4) is 0 Å². The molecule has 0 unspecified atom stereocenters. The quantitative estimate of drug-likeness (QED) is 0.739. The van der Waals surface area contributed by atoms with E-state index in [1.807, 2.05) is 28.8 Å². The lowest BCUT2D eigenvalue weighted by Gasteiger charge is -2.04. The summed E-state index contributed by atoms with van der Waals surface area (Å²) in [6.45, 7) is 4.82. The fraction of sp³-hybridized carbons (Fsp3) is 0.545. The Morgan fingerprint density at radius 1 is 1.41 bits per heavy atom. The van der Waals surface area contributed by atoms with Crippen LogP contribution < -0.4 is 5.32 Å². The maximum atomic E-state index is 4.21. The first-order chi connectivity index (χ1) is 8.27. The lowest BCUT2D eigenvalue weighted by atomic mass is 10.2. The molecule has 1 N–H and O–H groups in total. The molecule has 0 atom stereocenters. The Balaban J connectivity index is 1.65. The van der Waals surface area contributed by atoms with E-state index in [1.54, 1.807) is 6.20 Å². The van der Waals surface area contributed by atoms with Gasteiger partial charge in [0.05, 0.1) is 12.4 Å². The fourth-order valence-electron chi connectivity index (χ4n) is 1.66. The summed E-state index contributed by atoms with van der Waals surface area (Å²) in [5.74, 6) is 0. The maximum Gasteiger partial charge on any atom is 0.0692 e. The summed E-state index contributed by atoms with van der Waals surface area (Å²) in [5.41, 5.74) is 2.47. The van der Waals surface area contributed by atoms with Gasteiger partial charge in [0.25, 0.3) is 0 Å². The molecule has 0 amide bonds. The third-order valence-corrected chi connectivity index (χ3v) is 2.87. The van der Waals surface area contributed by atoms with E-state index in [9.17, 15) is 0 Å². The minimum Gasteiger partial charge on any atom is -0.312 e. The van der Waals surface area contributed by atoms with Gasteiger partial charge in [-0.1, -0.05) is 5.21 Å². The summed E-state index contributed by atoms with van der Waals surface area (Å²) in [6.07, 6.45) is 6.54. The second-order valence-corrected chi connectivity index (χ2v) is 4.08. The largest absolute Gasteiger partial charge is 0.312 e. The Hall–Kier alpha value is -1.69. The van der Waals surface area contributed by atoms with E-state index in [0.717, 1.165) is 26.1 Å². The predicted octanol–water partition coefficient (Wildman–Crippen LogP) is 0.500. The van der Waals surface area contributed by atoms with Gasteiger partial charge in [-0.25, -0.2) is 0 Å². The van der Waals surface area contributed by atoms with Gasteiger partial charge < -0.3 is 5.32 Å². The molecular weight excluding hydrogens is 216 g/mol. The van der Waals surface area contributed by atoms with Crippen molar-refractivity contribution in [3.05, 3.63) is 29.8 Å². The molecule has 0 bridgehead atoms. The van der Waals surface area contributed by atoms with E-state index in [0.29, 0.717) is 0 Å². The van der Waals surface area contributed by atoms with Gasteiger partial charge in [-0.15, -0.1) is 5.10 Å². The van der Waals surface area contributed by atoms with Crippen LogP contribution in [0.2, 0.25) is 0 Å².